The third-order valence-electron chi connectivity index (χ3n) is 6.64. The number of amides is 1. The number of fused-ring (bicyclic) bond motifs is 1. The number of aryl methyl sites for hydroxylation is 2. The van der Waals surface area contributed by atoms with Gasteiger partial charge < -0.3 is 0 Å². The molecule has 0 atom stereocenters. The van der Waals surface area contributed by atoms with Gasteiger partial charge >= 0.3 is 0 Å². The molecule has 0 radical (unpaired) electrons. The van der Waals surface area contributed by atoms with Gasteiger partial charge in [0.15, 0.2) is 5.13 Å². The molecule has 6 nitrogen and oxygen atoms in total. The molecule has 1 aliphatic rings. The van der Waals surface area contributed by atoms with Crippen molar-refractivity contribution in [3.8, 4) is 0 Å². The highest BCUT2D eigenvalue weighted by atomic mass is 32.2. The van der Waals surface area contributed by atoms with Crippen molar-refractivity contribution in [2.24, 2.45) is 0 Å². The number of sulfonamides is 1. The summed E-state index contributed by atoms with van der Waals surface area (Å²) in [6.45, 7) is 5.04. The molecule has 1 saturated heterocycles. The molecule has 8 heteroatoms. The maximum atomic E-state index is 14.0. The van der Waals surface area contributed by atoms with Crippen molar-refractivity contribution in [2.45, 2.75) is 44.4 Å². The lowest BCUT2D eigenvalue weighted by molar-refractivity contribution is 0.0999. The number of aromatic nitrogens is 1. The first kappa shape index (κ1) is 24.6. The van der Waals surface area contributed by atoms with Crippen LogP contribution < -0.4 is 4.90 Å². The van der Waals surface area contributed by atoms with Crippen molar-refractivity contribution in [1.82, 2.24) is 9.29 Å². The van der Waals surface area contributed by atoms with Gasteiger partial charge in [-0.25, -0.2) is 13.4 Å². The van der Waals surface area contributed by atoms with E-state index in [2.05, 4.69) is 0 Å². The third-order valence-corrected chi connectivity index (χ3v) is 9.58. The lowest BCUT2D eigenvalue weighted by atomic mass is 10.1. The molecule has 0 spiro atoms. The molecule has 0 unspecified atom stereocenters. The maximum Gasteiger partial charge on any atom is 0.264 e. The van der Waals surface area contributed by atoms with Gasteiger partial charge in [0.1, 0.15) is 0 Å². The van der Waals surface area contributed by atoms with Gasteiger partial charge in [0, 0.05) is 18.7 Å². The first-order valence-electron chi connectivity index (χ1n) is 12.2. The highest BCUT2D eigenvalue weighted by molar-refractivity contribution is 7.89. The number of nitrogens with zero attached hydrogens (tertiary/aromatic N) is 3. The van der Waals surface area contributed by atoms with Crippen molar-refractivity contribution in [3.63, 3.8) is 0 Å². The van der Waals surface area contributed by atoms with Gasteiger partial charge in [0.2, 0.25) is 10.0 Å². The first-order valence-corrected chi connectivity index (χ1v) is 14.5. The number of rotatable bonds is 5. The molecule has 186 valence electrons. The van der Waals surface area contributed by atoms with Gasteiger partial charge in [-0.2, -0.15) is 4.31 Å². The van der Waals surface area contributed by atoms with E-state index in [1.54, 1.807) is 33.5 Å². The molecule has 5 rings (SSSR count). The molecule has 1 aromatic heterocycles. The van der Waals surface area contributed by atoms with Crippen LogP contribution in [0.25, 0.3) is 10.2 Å². The Hall–Kier alpha value is -3.07. The largest absolute Gasteiger partial charge is 0.268 e. The summed E-state index contributed by atoms with van der Waals surface area (Å²) in [5.74, 6) is -0.245. The summed E-state index contributed by atoms with van der Waals surface area (Å²) in [5, 5.41) is 0.583. The van der Waals surface area contributed by atoms with E-state index in [-0.39, 0.29) is 10.8 Å². The predicted octanol–water partition coefficient (Wildman–Crippen LogP) is 6.46. The van der Waals surface area contributed by atoms with Crippen LogP contribution in [0, 0.1) is 13.8 Å². The van der Waals surface area contributed by atoms with Crippen LogP contribution in [0.1, 0.15) is 47.2 Å². The highest BCUT2D eigenvalue weighted by Crippen LogP contribution is 2.38. The normalized spacial score (nSPS) is 15.1. The fourth-order valence-electron chi connectivity index (χ4n) is 4.73. The van der Waals surface area contributed by atoms with Crippen LogP contribution in [0.3, 0.4) is 0 Å². The molecule has 0 saturated carbocycles. The second-order valence-electron chi connectivity index (χ2n) is 9.19. The van der Waals surface area contributed by atoms with Crippen LogP contribution in [0.4, 0.5) is 10.8 Å². The number of hydrogen-bond acceptors (Lipinski definition) is 5. The Kier molecular flexibility index (Phi) is 6.92. The highest BCUT2D eigenvalue weighted by Gasteiger charge is 2.28. The lowest BCUT2D eigenvalue weighted by Crippen LogP contribution is -2.32. The molecule has 0 N–H and O–H groups in total. The molecule has 36 heavy (non-hydrogen) atoms. The number of hydrogen-bond donors (Lipinski definition) is 0. The van der Waals surface area contributed by atoms with E-state index in [0.29, 0.717) is 23.8 Å². The Bertz CT molecular complexity index is 1450. The van der Waals surface area contributed by atoms with Crippen molar-refractivity contribution in [2.75, 3.05) is 18.0 Å². The topological polar surface area (TPSA) is 70.6 Å². The van der Waals surface area contributed by atoms with Crippen molar-refractivity contribution < 1.29 is 13.2 Å². The number of para-hydroxylation sites is 2. The van der Waals surface area contributed by atoms with Gasteiger partial charge in [-0.3, -0.25) is 9.69 Å². The number of thiazole rings is 1. The molecule has 1 amide bonds. The standard InChI is InChI=1S/C28H29N3O3S2/c1-20-10-9-11-21(2)26(20)31(28-29-24-12-5-6-13-25(24)35-28)27(32)22-14-16-23(17-15-22)36(33,34)30-18-7-3-4-8-19-30/h5-6,9-17H,3-4,7-8,18-19H2,1-2H3. The average molecular weight is 520 g/mol. The SMILES string of the molecule is Cc1cccc(C)c1N(C(=O)c1ccc(S(=O)(=O)N2CCCCCC2)cc1)c1nc2ccccc2s1. The molecule has 4 aromatic rings. The van der Waals surface area contributed by atoms with E-state index in [1.165, 1.54) is 11.3 Å². The fraction of sp³-hybridized carbons (Fsp3) is 0.286. The minimum absolute atomic E-state index is 0.222. The van der Waals surface area contributed by atoms with E-state index in [1.807, 2.05) is 56.3 Å². The van der Waals surface area contributed by atoms with E-state index in [9.17, 15) is 13.2 Å². The zero-order chi connectivity index (χ0) is 25.3. The van der Waals surface area contributed by atoms with Crippen LogP contribution >= 0.6 is 11.3 Å². The van der Waals surface area contributed by atoms with Crippen LogP contribution in [0.5, 0.6) is 0 Å². The van der Waals surface area contributed by atoms with Crippen LogP contribution in [0.15, 0.2) is 71.6 Å². The summed E-state index contributed by atoms with van der Waals surface area (Å²) in [6, 6.07) is 20.1. The monoisotopic (exact) mass is 519 g/mol. The summed E-state index contributed by atoms with van der Waals surface area (Å²) >= 11 is 1.46. The zero-order valence-electron chi connectivity index (χ0n) is 20.5. The number of carbonyl (C=O) groups excluding carboxylic acids is 1. The van der Waals surface area contributed by atoms with Gasteiger partial charge in [-0.15, -0.1) is 0 Å². The second kappa shape index (κ2) is 10.1. The number of anilines is 2. The van der Waals surface area contributed by atoms with Crippen LogP contribution in [-0.2, 0) is 10.0 Å². The average Bonchev–Trinajstić information content (AvgIpc) is 3.10. The minimum atomic E-state index is -3.59. The molecule has 0 bridgehead atoms. The Balaban J connectivity index is 1.53. The summed E-state index contributed by atoms with van der Waals surface area (Å²) in [4.78, 5) is 20.6. The molecule has 1 aliphatic heterocycles. The van der Waals surface area contributed by atoms with Gasteiger partial charge in [0.25, 0.3) is 5.91 Å². The molecule has 3 aromatic carbocycles. The molecular weight excluding hydrogens is 490 g/mol. The van der Waals surface area contributed by atoms with Crippen molar-refractivity contribution in [3.05, 3.63) is 83.4 Å². The van der Waals surface area contributed by atoms with Crippen LogP contribution in [-0.4, -0.2) is 36.7 Å². The first-order chi connectivity index (χ1) is 17.4. The van der Waals surface area contributed by atoms with E-state index in [0.717, 1.165) is 52.7 Å². The summed E-state index contributed by atoms with van der Waals surface area (Å²) in [6.07, 6.45) is 3.87. The smallest absolute Gasteiger partial charge is 0.264 e. The molecular formula is C28H29N3O3S2. The maximum absolute atomic E-state index is 14.0. The fourth-order valence-corrected chi connectivity index (χ4v) is 7.22. The minimum Gasteiger partial charge on any atom is -0.268 e. The van der Waals surface area contributed by atoms with E-state index >= 15 is 0 Å². The van der Waals surface area contributed by atoms with Crippen molar-refractivity contribution in [1.29, 1.82) is 0 Å². The predicted molar refractivity (Wildman–Crippen MR) is 146 cm³/mol. The second-order valence-corrected chi connectivity index (χ2v) is 12.1. The summed E-state index contributed by atoms with van der Waals surface area (Å²) < 4.78 is 29.0. The molecule has 1 fully saturated rings. The van der Waals surface area contributed by atoms with Crippen LogP contribution in [0.2, 0.25) is 0 Å². The Morgan fingerprint density at radius 3 is 2.14 bits per heavy atom. The molecule has 2 heterocycles. The Morgan fingerprint density at radius 2 is 1.50 bits per heavy atom. The zero-order valence-corrected chi connectivity index (χ0v) is 22.1. The quantitative estimate of drug-likeness (QED) is 0.304. The van der Waals surface area contributed by atoms with E-state index in [4.69, 9.17) is 4.98 Å². The third kappa shape index (κ3) is 4.68. The van der Waals surface area contributed by atoms with Crippen molar-refractivity contribution >= 4 is 48.3 Å². The molecule has 0 aliphatic carbocycles. The summed E-state index contributed by atoms with van der Waals surface area (Å²) in [5.41, 5.74) is 3.96. The van der Waals surface area contributed by atoms with Gasteiger partial charge in [-0.1, -0.05) is 54.5 Å². The summed E-state index contributed by atoms with van der Waals surface area (Å²) in [7, 11) is -3.59. The number of benzene rings is 3. The Labute approximate surface area is 216 Å². The number of carbonyl (C=O) groups is 1. The Morgan fingerprint density at radius 1 is 0.861 bits per heavy atom. The van der Waals surface area contributed by atoms with Gasteiger partial charge in [0.05, 0.1) is 20.8 Å². The van der Waals surface area contributed by atoms with E-state index < -0.39 is 10.0 Å². The van der Waals surface area contributed by atoms with Gasteiger partial charge in [-0.05, 0) is 74.2 Å². The lowest BCUT2D eigenvalue weighted by Gasteiger charge is -2.24.